The quantitative estimate of drug-likeness (QED) is 0.682. The molecule has 0 fully saturated rings. The van der Waals surface area contributed by atoms with Crippen LogP contribution >= 0.6 is 12.4 Å². The van der Waals surface area contributed by atoms with E-state index in [1.807, 2.05) is 0 Å². The molecule has 9 heteroatoms. The maximum Gasteiger partial charge on any atom is 0.243 e. The molecular weight excluding hydrogens is 328 g/mol. The number of carbonyl (C=O) groups excluding carboxylic acids is 1. The van der Waals surface area contributed by atoms with Crippen LogP contribution in [0.3, 0.4) is 0 Å². The first-order valence-corrected chi connectivity index (χ1v) is 8.16. The molecule has 0 radical (unpaired) electrons. The van der Waals surface area contributed by atoms with E-state index >= 15 is 0 Å². The van der Waals surface area contributed by atoms with E-state index < -0.39 is 10.0 Å². The van der Waals surface area contributed by atoms with Crippen LogP contribution in [0.5, 0.6) is 0 Å². The Morgan fingerprint density at radius 2 is 1.82 bits per heavy atom. The van der Waals surface area contributed by atoms with Gasteiger partial charge in [-0.2, -0.15) is 4.31 Å². The standard InChI is InChI=1S/C13H22N4O3S.ClH/c1-4-17(5-2)21(19,20)10-6-7-11(15-3)12(8-10)16-13(18)9-14;/h6-8,15H,4-5,9,14H2,1-3H3,(H,16,18);1H. The summed E-state index contributed by atoms with van der Waals surface area (Å²) in [6, 6.07) is 4.56. The number of nitrogens with two attached hydrogens (primary N) is 1. The zero-order chi connectivity index (χ0) is 16.0. The minimum absolute atomic E-state index is 0. The van der Waals surface area contributed by atoms with E-state index in [0.29, 0.717) is 24.5 Å². The Hall–Kier alpha value is -1.35. The van der Waals surface area contributed by atoms with Crippen LogP contribution in [-0.2, 0) is 14.8 Å². The summed E-state index contributed by atoms with van der Waals surface area (Å²) in [6.07, 6.45) is 0. The summed E-state index contributed by atoms with van der Waals surface area (Å²) < 4.78 is 26.3. The highest BCUT2D eigenvalue weighted by Gasteiger charge is 2.22. The molecule has 0 aromatic heterocycles. The number of anilines is 2. The number of benzene rings is 1. The van der Waals surface area contributed by atoms with Crippen LogP contribution in [0, 0.1) is 0 Å². The minimum atomic E-state index is -3.57. The predicted molar refractivity (Wildman–Crippen MR) is 91.0 cm³/mol. The smallest absolute Gasteiger partial charge is 0.243 e. The molecule has 126 valence electrons. The van der Waals surface area contributed by atoms with Crippen molar-refractivity contribution in [3.05, 3.63) is 18.2 Å². The second-order valence-electron chi connectivity index (χ2n) is 4.30. The fourth-order valence-electron chi connectivity index (χ4n) is 1.92. The molecule has 0 saturated heterocycles. The highest BCUT2D eigenvalue weighted by Crippen LogP contribution is 2.26. The van der Waals surface area contributed by atoms with Crippen LogP contribution in [0.15, 0.2) is 23.1 Å². The van der Waals surface area contributed by atoms with Crippen molar-refractivity contribution in [2.75, 3.05) is 37.3 Å². The first-order chi connectivity index (χ1) is 9.90. The Balaban J connectivity index is 0.00000441. The molecular formula is C13H23ClN4O3S. The Bertz CT molecular complexity index is 603. The van der Waals surface area contributed by atoms with Crippen molar-refractivity contribution in [1.82, 2.24) is 4.31 Å². The summed E-state index contributed by atoms with van der Waals surface area (Å²) in [5.41, 5.74) is 6.28. The number of carbonyl (C=O) groups is 1. The van der Waals surface area contributed by atoms with Gasteiger partial charge in [-0.05, 0) is 18.2 Å². The second kappa shape index (κ2) is 8.94. The van der Waals surface area contributed by atoms with Gasteiger partial charge in [-0.25, -0.2) is 8.42 Å². The van der Waals surface area contributed by atoms with Crippen molar-refractivity contribution in [2.24, 2.45) is 5.73 Å². The van der Waals surface area contributed by atoms with Crippen LogP contribution in [0.1, 0.15) is 13.8 Å². The molecule has 0 unspecified atom stereocenters. The van der Waals surface area contributed by atoms with E-state index in [0.717, 1.165) is 0 Å². The number of nitrogens with zero attached hydrogens (tertiary/aromatic N) is 1. The first kappa shape index (κ1) is 20.6. The molecule has 0 bridgehead atoms. The van der Waals surface area contributed by atoms with Gasteiger partial charge in [-0.15, -0.1) is 12.4 Å². The summed E-state index contributed by atoms with van der Waals surface area (Å²) in [4.78, 5) is 11.6. The maximum atomic E-state index is 12.5. The summed E-state index contributed by atoms with van der Waals surface area (Å²) in [5, 5.41) is 5.49. The van der Waals surface area contributed by atoms with Crippen molar-refractivity contribution in [1.29, 1.82) is 0 Å². The van der Waals surface area contributed by atoms with Crippen LogP contribution < -0.4 is 16.4 Å². The fourth-order valence-corrected chi connectivity index (χ4v) is 3.40. The van der Waals surface area contributed by atoms with Gasteiger partial charge >= 0.3 is 0 Å². The number of hydrogen-bond acceptors (Lipinski definition) is 5. The third kappa shape index (κ3) is 4.57. The number of sulfonamides is 1. The molecule has 1 amide bonds. The zero-order valence-corrected chi connectivity index (χ0v) is 14.6. The van der Waals surface area contributed by atoms with Crippen molar-refractivity contribution in [3.8, 4) is 0 Å². The number of hydrogen-bond donors (Lipinski definition) is 3. The van der Waals surface area contributed by atoms with Gasteiger partial charge < -0.3 is 16.4 Å². The molecule has 1 rings (SSSR count). The van der Waals surface area contributed by atoms with Gasteiger partial charge in [0.1, 0.15) is 0 Å². The van der Waals surface area contributed by atoms with Gasteiger partial charge in [0, 0.05) is 20.1 Å². The average Bonchev–Trinajstić information content (AvgIpc) is 2.47. The van der Waals surface area contributed by atoms with Crippen LogP contribution in [-0.4, -0.2) is 45.3 Å². The molecule has 4 N–H and O–H groups in total. The zero-order valence-electron chi connectivity index (χ0n) is 12.9. The van der Waals surface area contributed by atoms with Gasteiger partial charge in [0.25, 0.3) is 0 Å². The molecule has 1 aromatic rings. The van der Waals surface area contributed by atoms with Gasteiger partial charge in [-0.3, -0.25) is 4.79 Å². The molecule has 0 atom stereocenters. The van der Waals surface area contributed by atoms with Crippen LogP contribution in [0.4, 0.5) is 11.4 Å². The molecule has 7 nitrogen and oxygen atoms in total. The van der Waals surface area contributed by atoms with E-state index in [2.05, 4.69) is 10.6 Å². The minimum Gasteiger partial charge on any atom is -0.386 e. The van der Waals surface area contributed by atoms with Gasteiger partial charge in [0.2, 0.25) is 15.9 Å². The Labute approximate surface area is 137 Å². The SMILES string of the molecule is CCN(CC)S(=O)(=O)c1ccc(NC)c(NC(=O)CN)c1.Cl. The average molecular weight is 351 g/mol. The molecule has 0 aliphatic carbocycles. The summed E-state index contributed by atoms with van der Waals surface area (Å²) in [6.45, 7) is 4.16. The number of nitrogens with one attached hydrogen (secondary N) is 2. The molecule has 0 aliphatic heterocycles. The number of amides is 1. The predicted octanol–water partition coefficient (Wildman–Crippen LogP) is 1.08. The van der Waals surface area contributed by atoms with E-state index in [4.69, 9.17) is 5.73 Å². The van der Waals surface area contributed by atoms with Gasteiger partial charge in [-0.1, -0.05) is 13.8 Å². The number of halogens is 1. The molecule has 1 aromatic carbocycles. The lowest BCUT2D eigenvalue weighted by molar-refractivity contribution is -0.114. The Morgan fingerprint density at radius 3 is 2.27 bits per heavy atom. The van der Waals surface area contributed by atoms with Crippen LogP contribution in [0.2, 0.25) is 0 Å². The Kier molecular flexibility index (Phi) is 8.39. The van der Waals surface area contributed by atoms with E-state index in [1.165, 1.54) is 16.4 Å². The summed E-state index contributed by atoms with van der Waals surface area (Å²) in [5.74, 6) is -0.385. The highest BCUT2D eigenvalue weighted by molar-refractivity contribution is 7.89. The third-order valence-corrected chi connectivity index (χ3v) is 5.11. The lowest BCUT2D eigenvalue weighted by atomic mass is 10.2. The topological polar surface area (TPSA) is 105 Å². The Morgan fingerprint density at radius 1 is 1.23 bits per heavy atom. The fraction of sp³-hybridized carbons (Fsp3) is 0.462. The normalized spacial score (nSPS) is 11.0. The second-order valence-corrected chi connectivity index (χ2v) is 6.24. The third-order valence-electron chi connectivity index (χ3n) is 3.06. The first-order valence-electron chi connectivity index (χ1n) is 6.72. The maximum absolute atomic E-state index is 12.5. The van der Waals surface area contributed by atoms with Crippen LogP contribution in [0.25, 0.3) is 0 Å². The highest BCUT2D eigenvalue weighted by atomic mass is 35.5. The van der Waals surface area contributed by atoms with E-state index in [9.17, 15) is 13.2 Å². The van der Waals surface area contributed by atoms with Crippen molar-refractivity contribution >= 4 is 39.7 Å². The lowest BCUT2D eigenvalue weighted by Crippen LogP contribution is -2.30. The van der Waals surface area contributed by atoms with E-state index in [-0.39, 0.29) is 29.8 Å². The molecule has 0 spiro atoms. The molecule has 0 saturated carbocycles. The monoisotopic (exact) mass is 350 g/mol. The van der Waals surface area contributed by atoms with Gasteiger partial charge in [0.15, 0.2) is 0 Å². The van der Waals surface area contributed by atoms with E-state index in [1.54, 1.807) is 27.0 Å². The van der Waals surface area contributed by atoms with Crippen molar-refractivity contribution in [3.63, 3.8) is 0 Å². The van der Waals surface area contributed by atoms with Crippen molar-refractivity contribution in [2.45, 2.75) is 18.7 Å². The molecule has 22 heavy (non-hydrogen) atoms. The van der Waals surface area contributed by atoms with Crippen molar-refractivity contribution < 1.29 is 13.2 Å². The molecule has 0 heterocycles. The molecule has 0 aliphatic rings. The summed E-state index contributed by atoms with van der Waals surface area (Å²) in [7, 11) is -1.88. The summed E-state index contributed by atoms with van der Waals surface area (Å²) >= 11 is 0. The largest absolute Gasteiger partial charge is 0.386 e. The number of rotatable bonds is 7. The van der Waals surface area contributed by atoms with Gasteiger partial charge in [0.05, 0.1) is 22.8 Å². The lowest BCUT2D eigenvalue weighted by Gasteiger charge is -2.19.